The molecular formula is C23H16N4O3. The zero-order valence-electron chi connectivity index (χ0n) is 15.8. The average Bonchev–Trinajstić information content (AvgIpc) is 3.37. The number of aromatic amines is 1. The molecule has 3 heterocycles. The maximum Gasteiger partial charge on any atom is 0.252 e. The Morgan fingerprint density at radius 1 is 1.07 bits per heavy atom. The van der Waals surface area contributed by atoms with E-state index in [0.29, 0.717) is 25.1 Å². The van der Waals surface area contributed by atoms with Gasteiger partial charge in [-0.15, -0.1) is 0 Å². The topological polar surface area (TPSA) is 114 Å². The zero-order chi connectivity index (χ0) is 20.6. The van der Waals surface area contributed by atoms with Crippen molar-refractivity contribution in [3.63, 3.8) is 0 Å². The van der Waals surface area contributed by atoms with Crippen molar-refractivity contribution in [1.29, 1.82) is 5.26 Å². The van der Waals surface area contributed by atoms with Gasteiger partial charge < -0.3 is 25.1 Å². The van der Waals surface area contributed by atoms with Gasteiger partial charge in [0.2, 0.25) is 0 Å². The van der Waals surface area contributed by atoms with Crippen LogP contribution in [0, 0.1) is 11.3 Å². The number of aromatic hydroxyl groups is 2. The number of rotatable bonds is 2. The molecule has 5 aromatic rings. The fourth-order valence-electron chi connectivity index (χ4n) is 4.88. The largest absolute Gasteiger partial charge is 0.508 e. The molecule has 30 heavy (non-hydrogen) atoms. The maximum atomic E-state index is 12.8. The minimum Gasteiger partial charge on any atom is -0.508 e. The van der Waals surface area contributed by atoms with E-state index in [2.05, 4.69) is 20.9 Å². The van der Waals surface area contributed by atoms with E-state index >= 15 is 0 Å². The predicted molar refractivity (Wildman–Crippen MR) is 114 cm³/mol. The van der Waals surface area contributed by atoms with Crippen LogP contribution in [-0.2, 0) is 13.1 Å². The number of benzene rings is 3. The fraction of sp³-hybridized carbons (Fsp3) is 0.130. The third kappa shape index (κ3) is 2.00. The van der Waals surface area contributed by atoms with Crippen LogP contribution in [0.3, 0.4) is 0 Å². The molecular weight excluding hydrogens is 380 g/mol. The van der Waals surface area contributed by atoms with Crippen molar-refractivity contribution in [1.82, 2.24) is 14.9 Å². The Kier molecular flexibility index (Phi) is 3.17. The molecule has 1 aliphatic heterocycles. The molecule has 3 aromatic carbocycles. The summed E-state index contributed by atoms with van der Waals surface area (Å²) in [5.74, 6) is 0.124. The molecule has 1 aliphatic rings. The van der Waals surface area contributed by atoms with Gasteiger partial charge >= 0.3 is 0 Å². The SMILES string of the molecule is N#CCCn1c2ccc(O)cc2c2c3c(c4c5cc(O)ccc5[nH]c4c21)C(=O)NC3. The quantitative estimate of drug-likeness (QED) is 0.361. The molecule has 0 aliphatic carbocycles. The highest BCUT2D eigenvalue weighted by Gasteiger charge is 2.30. The summed E-state index contributed by atoms with van der Waals surface area (Å²) in [6.07, 6.45) is 0.330. The molecule has 7 heteroatoms. The lowest BCUT2D eigenvalue weighted by Gasteiger charge is -2.08. The lowest BCUT2D eigenvalue weighted by molar-refractivity contribution is 0.0967. The molecule has 0 fully saturated rings. The van der Waals surface area contributed by atoms with Crippen molar-refractivity contribution < 1.29 is 15.0 Å². The number of amides is 1. The van der Waals surface area contributed by atoms with Crippen molar-refractivity contribution in [2.24, 2.45) is 0 Å². The highest BCUT2D eigenvalue weighted by molar-refractivity contribution is 6.30. The Labute approximate surface area is 169 Å². The summed E-state index contributed by atoms with van der Waals surface area (Å²) in [5, 5.41) is 35.7. The van der Waals surface area contributed by atoms with E-state index in [1.165, 1.54) is 0 Å². The number of H-pyrrole nitrogens is 1. The van der Waals surface area contributed by atoms with E-state index in [9.17, 15) is 20.3 Å². The van der Waals surface area contributed by atoms with Crippen molar-refractivity contribution >= 4 is 49.5 Å². The molecule has 4 N–H and O–H groups in total. The zero-order valence-corrected chi connectivity index (χ0v) is 15.8. The summed E-state index contributed by atoms with van der Waals surface area (Å²) < 4.78 is 2.08. The summed E-state index contributed by atoms with van der Waals surface area (Å²) >= 11 is 0. The highest BCUT2D eigenvalue weighted by Crippen LogP contribution is 2.44. The number of carbonyl (C=O) groups excluding carboxylic acids is 1. The van der Waals surface area contributed by atoms with Crippen LogP contribution in [0.15, 0.2) is 36.4 Å². The lowest BCUT2D eigenvalue weighted by atomic mass is 9.97. The first kappa shape index (κ1) is 16.7. The normalized spacial score (nSPS) is 13.4. The molecule has 0 atom stereocenters. The van der Waals surface area contributed by atoms with Crippen LogP contribution < -0.4 is 5.32 Å². The fourth-order valence-corrected chi connectivity index (χ4v) is 4.88. The van der Waals surface area contributed by atoms with E-state index in [1.54, 1.807) is 30.3 Å². The number of phenolic OH excluding ortho intramolecular Hbond substituents is 2. The number of carbonyl (C=O) groups is 1. The van der Waals surface area contributed by atoms with Crippen molar-refractivity contribution in [3.8, 4) is 17.6 Å². The number of hydrogen-bond donors (Lipinski definition) is 4. The number of nitriles is 1. The van der Waals surface area contributed by atoms with Crippen molar-refractivity contribution in [3.05, 3.63) is 47.5 Å². The van der Waals surface area contributed by atoms with Gasteiger partial charge in [0.25, 0.3) is 5.91 Å². The maximum absolute atomic E-state index is 12.8. The van der Waals surface area contributed by atoms with Gasteiger partial charge in [0.1, 0.15) is 11.5 Å². The predicted octanol–water partition coefficient (Wildman–Crippen LogP) is 4.00. The van der Waals surface area contributed by atoms with Gasteiger partial charge in [-0.25, -0.2) is 0 Å². The van der Waals surface area contributed by atoms with E-state index in [1.807, 2.05) is 6.07 Å². The van der Waals surface area contributed by atoms with E-state index in [-0.39, 0.29) is 17.4 Å². The third-order valence-electron chi connectivity index (χ3n) is 6.02. The van der Waals surface area contributed by atoms with Crippen LogP contribution in [-0.4, -0.2) is 25.7 Å². The van der Waals surface area contributed by atoms with Crippen LogP contribution in [0.5, 0.6) is 11.5 Å². The highest BCUT2D eigenvalue weighted by atomic mass is 16.3. The smallest absolute Gasteiger partial charge is 0.252 e. The molecule has 146 valence electrons. The number of nitrogens with one attached hydrogen (secondary N) is 2. The molecule has 0 saturated carbocycles. The van der Waals surface area contributed by atoms with Gasteiger partial charge in [-0.05, 0) is 42.0 Å². The Morgan fingerprint density at radius 2 is 1.83 bits per heavy atom. The van der Waals surface area contributed by atoms with Crippen LogP contribution >= 0.6 is 0 Å². The molecule has 2 aromatic heterocycles. The minimum absolute atomic E-state index is 0.130. The Balaban J connectivity index is 1.94. The van der Waals surface area contributed by atoms with E-state index in [4.69, 9.17) is 0 Å². The number of nitrogens with zero attached hydrogens (tertiary/aromatic N) is 2. The lowest BCUT2D eigenvalue weighted by Crippen LogP contribution is -2.12. The second kappa shape index (κ2) is 5.67. The molecule has 0 unspecified atom stereocenters. The third-order valence-corrected chi connectivity index (χ3v) is 6.02. The van der Waals surface area contributed by atoms with E-state index in [0.717, 1.165) is 49.2 Å². The second-order valence-corrected chi connectivity index (χ2v) is 7.63. The molecule has 0 bridgehead atoms. The molecule has 7 nitrogen and oxygen atoms in total. The average molecular weight is 396 g/mol. The first-order valence-corrected chi connectivity index (χ1v) is 9.68. The molecule has 0 radical (unpaired) electrons. The van der Waals surface area contributed by atoms with Crippen LogP contribution in [0.25, 0.3) is 43.6 Å². The summed E-state index contributed by atoms with van der Waals surface area (Å²) in [5.41, 5.74) is 4.86. The number of fused-ring (bicyclic) bond motifs is 10. The number of aromatic nitrogens is 2. The van der Waals surface area contributed by atoms with Gasteiger partial charge in [-0.1, -0.05) is 0 Å². The first-order valence-electron chi connectivity index (χ1n) is 9.68. The molecule has 1 amide bonds. The monoisotopic (exact) mass is 396 g/mol. The van der Waals surface area contributed by atoms with Crippen LogP contribution in [0.2, 0.25) is 0 Å². The standard InChI is InChI=1S/C23H16N4O3/c24-6-1-7-27-17-5-3-12(29)9-14(17)18-15-10-25-23(30)20(15)19-13-8-11(28)2-4-16(13)26-21(19)22(18)27/h2-5,8-9,26,28-29H,1,7,10H2,(H,25,30). The van der Waals surface area contributed by atoms with Crippen LogP contribution in [0.1, 0.15) is 22.3 Å². The van der Waals surface area contributed by atoms with Gasteiger partial charge in [0, 0.05) is 45.7 Å². The summed E-state index contributed by atoms with van der Waals surface area (Å²) in [7, 11) is 0. The Bertz CT molecular complexity index is 1600. The number of phenols is 2. The molecule has 0 saturated heterocycles. The molecule has 6 rings (SSSR count). The van der Waals surface area contributed by atoms with Crippen LogP contribution in [0.4, 0.5) is 0 Å². The second-order valence-electron chi connectivity index (χ2n) is 7.63. The summed E-state index contributed by atoms with van der Waals surface area (Å²) in [4.78, 5) is 16.3. The number of aryl methyl sites for hydroxylation is 1. The Morgan fingerprint density at radius 3 is 2.63 bits per heavy atom. The molecule has 0 spiro atoms. The van der Waals surface area contributed by atoms with Gasteiger partial charge in [0.15, 0.2) is 0 Å². The summed E-state index contributed by atoms with van der Waals surface area (Å²) in [6, 6.07) is 12.5. The van der Waals surface area contributed by atoms with Crippen molar-refractivity contribution in [2.45, 2.75) is 19.5 Å². The summed E-state index contributed by atoms with van der Waals surface area (Å²) in [6.45, 7) is 0.871. The first-order chi connectivity index (χ1) is 14.6. The minimum atomic E-state index is -0.153. The van der Waals surface area contributed by atoms with Gasteiger partial charge in [0.05, 0.1) is 29.1 Å². The van der Waals surface area contributed by atoms with Crippen molar-refractivity contribution in [2.75, 3.05) is 0 Å². The number of hydrogen-bond acceptors (Lipinski definition) is 4. The van der Waals surface area contributed by atoms with Gasteiger partial charge in [-0.3, -0.25) is 4.79 Å². The van der Waals surface area contributed by atoms with E-state index < -0.39 is 0 Å². The van der Waals surface area contributed by atoms with Gasteiger partial charge in [-0.2, -0.15) is 5.26 Å². The Hall–Kier alpha value is -4.18.